The van der Waals surface area contributed by atoms with Crippen LogP contribution in [0, 0.1) is 24.7 Å². The molecule has 162 valence electrons. The van der Waals surface area contributed by atoms with Gasteiger partial charge in [-0.1, -0.05) is 6.07 Å². The van der Waals surface area contributed by atoms with Crippen molar-refractivity contribution in [1.29, 1.82) is 0 Å². The molecular formula is C24H33N3O3. The van der Waals surface area contributed by atoms with Crippen molar-refractivity contribution in [2.45, 2.75) is 47.0 Å². The SMILES string of the molecule is CCN1CC[C@]2(CN(C(C)=O)CC23CCN(C(=O)c2ccc(C)c(C)c2)CC3)C1=O. The molecule has 3 aliphatic heterocycles. The Morgan fingerprint density at radius 2 is 1.67 bits per heavy atom. The van der Waals surface area contributed by atoms with Gasteiger partial charge < -0.3 is 14.7 Å². The molecule has 6 nitrogen and oxygen atoms in total. The number of hydrogen-bond acceptors (Lipinski definition) is 3. The number of hydrogen-bond donors (Lipinski definition) is 0. The molecule has 0 radical (unpaired) electrons. The monoisotopic (exact) mass is 411 g/mol. The third-order valence-corrected chi connectivity index (χ3v) is 8.06. The molecular weight excluding hydrogens is 378 g/mol. The van der Waals surface area contributed by atoms with Gasteiger partial charge in [0, 0.05) is 57.2 Å². The molecule has 0 saturated carbocycles. The number of likely N-dealkylation sites (tertiary alicyclic amines) is 3. The molecule has 3 fully saturated rings. The number of carbonyl (C=O) groups excluding carboxylic acids is 3. The summed E-state index contributed by atoms with van der Waals surface area (Å²) in [7, 11) is 0. The Balaban J connectivity index is 1.56. The maximum absolute atomic E-state index is 13.4. The second-order valence-electron chi connectivity index (χ2n) is 9.46. The van der Waals surface area contributed by atoms with Crippen molar-refractivity contribution < 1.29 is 14.4 Å². The fourth-order valence-electron chi connectivity index (χ4n) is 5.90. The number of piperidine rings is 1. The summed E-state index contributed by atoms with van der Waals surface area (Å²) in [6.07, 6.45) is 2.36. The van der Waals surface area contributed by atoms with Crippen LogP contribution in [0.5, 0.6) is 0 Å². The Morgan fingerprint density at radius 3 is 2.23 bits per heavy atom. The first-order valence-electron chi connectivity index (χ1n) is 11.1. The van der Waals surface area contributed by atoms with Crippen LogP contribution < -0.4 is 0 Å². The summed E-state index contributed by atoms with van der Waals surface area (Å²) in [6.45, 7) is 11.6. The summed E-state index contributed by atoms with van der Waals surface area (Å²) in [5.74, 6) is 0.321. The summed E-state index contributed by atoms with van der Waals surface area (Å²) in [6, 6.07) is 5.88. The lowest BCUT2D eigenvalue weighted by molar-refractivity contribution is -0.141. The van der Waals surface area contributed by atoms with E-state index in [1.807, 2.05) is 53.7 Å². The minimum Gasteiger partial charge on any atom is -0.342 e. The number of aryl methyl sites for hydroxylation is 2. The van der Waals surface area contributed by atoms with Crippen LogP contribution in [0.2, 0.25) is 0 Å². The van der Waals surface area contributed by atoms with E-state index >= 15 is 0 Å². The molecule has 3 heterocycles. The molecule has 4 rings (SSSR count). The van der Waals surface area contributed by atoms with Crippen LogP contribution in [0.25, 0.3) is 0 Å². The van der Waals surface area contributed by atoms with Crippen molar-refractivity contribution in [2.24, 2.45) is 10.8 Å². The lowest BCUT2D eigenvalue weighted by Gasteiger charge is -2.46. The Bertz CT molecular complexity index is 888. The molecule has 3 saturated heterocycles. The Kier molecular flexibility index (Phi) is 5.15. The molecule has 0 bridgehead atoms. The van der Waals surface area contributed by atoms with Crippen LogP contribution >= 0.6 is 0 Å². The fraction of sp³-hybridized carbons (Fsp3) is 0.625. The zero-order chi connectivity index (χ0) is 21.7. The lowest BCUT2D eigenvalue weighted by Crippen LogP contribution is -2.53. The van der Waals surface area contributed by atoms with Crippen LogP contribution in [0.3, 0.4) is 0 Å². The maximum atomic E-state index is 13.4. The van der Waals surface area contributed by atoms with E-state index in [9.17, 15) is 14.4 Å². The van der Waals surface area contributed by atoms with Crippen molar-refractivity contribution in [2.75, 3.05) is 39.3 Å². The first-order valence-corrected chi connectivity index (χ1v) is 11.1. The Morgan fingerprint density at radius 1 is 0.967 bits per heavy atom. The summed E-state index contributed by atoms with van der Waals surface area (Å²) < 4.78 is 0. The van der Waals surface area contributed by atoms with Gasteiger partial charge in [-0.15, -0.1) is 0 Å². The van der Waals surface area contributed by atoms with E-state index in [-0.39, 0.29) is 23.1 Å². The lowest BCUT2D eigenvalue weighted by atomic mass is 9.60. The number of amides is 3. The number of benzene rings is 1. The minimum atomic E-state index is -0.482. The fourth-order valence-corrected chi connectivity index (χ4v) is 5.90. The quantitative estimate of drug-likeness (QED) is 0.752. The van der Waals surface area contributed by atoms with Crippen molar-refractivity contribution in [3.63, 3.8) is 0 Å². The third-order valence-electron chi connectivity index (χ3n) is 8.06. The highest BCUT2D eigenvalue weighted by atomic mass is 16.2. The molecule has 1 aromatic carbocycles. The smallest absolute Gasteiger partial charge is 0.253 e. The van der Waals surface area contributed by atoms with Gasteiger partial charge in [-0.3, -0.25) is 14.4 Å². The highest BCUT2D eigenvalue weighted by Crippen LogP contribution is 2.57. The molecule has 1 atom stereocenters. The van der Waals surface area contributed by atoms with Crippen LogP contribution in [-0.2, 0) is 9.59 Å². The van der Waals surface area contributed by atoms with Crippen molar-refractivity contribution >= 4 is 17.7 Å². The average Bonchev–Trinajstić information content (AvgIpc) is 3.23. The van der Waals surface area contributed by atoms with Gasteiger partial charge in [0.2, 0.25) is 11.8 Å². The maximum Gasteiger partial charge on any atom is 0.253 e. The minimum absolute atomic E-state index is 0.0441. The normalized spacial score (nSPS) is 25.6. The summed E-state index contributed by atoms with van der Waals surface area (Å²) in [5, 5.41) is 0. The second kappa shape index (κ2) is 7.40. The van der Waals surface area contributed by atoms with Crippen LogP contribution in [0.1, 0.15) is 54.6 Å². The van der Waals surface area contributed by atoms with Gasteiger partial charge in [-0.2, -0.15) is 0 Å². The van der Waals surface area contributed by atoms with Gasteiger partial charge in [0.05, 0.1) is 5.41 Å². The van der Waals surface area contributed by atoms with E-state index in [1.165, 1.54) is 5.56 Å². The number of rotatable bonds is 2. The zero-order valence-electron chi connectivity index (χ0n) is 18.7. The number of nitrogens with zero attached hydrogens (tertiary/aromatic N) is 3. The highest BCUT2D eigenvalue weighted by molar-refractivity contribution is 5.94. The first-order chi connectivity index (χ1) is 14.2. The van der Waals surface area contributed by atoms with Gasteiger partial charge in [0.25, 0.3) is 5.91 Å². The Hall–Kier alpha value is -2.37. The summed E-state index contributed by atoms with van der Waals surface area (Å²) >= 11 is 0. The second-order valence-corrected chi connectivity index (χ2v) is 9.46. The first kappa shape index (κ1) is 20.9. The predicted octanol–water partition coefficient (Wildman–Crippen LogP) is 2.63. The molecule has 6 heteroatoms. The standard InChI is InChI=1S/C24H33N3O3/c1-5-25-13-10-24(22(25)30)16-27(19(4)28)15-23(24)8-11-26(12-9-23)21(29)20-7-6-17(2)18(3)14-20/h6-7,14H,5,8-13,15-16H2,1-4H3/t24-/m0/s1. The molecule has 30 heavy (non-hydrogen) atoms. The zero-order valence-corrected chi connectivity index (χ0v) is 18.7. The van der Waals surface area contributed by atoms with E-state index in [4.69, 9.17) is 0 Å². The van der Waals surface area contributed by atoms with E-state index < -0.39 is 5.41 Å². The molecule has 0 aliphatic carbocycles. The van der Waals surface area contributed by atoms with Gasteiger partial charge >= 0.3 is 0 Å². The van der Waals surface area contributed by atoms with Crippen molar-refractivity contribution in [1.82, 2.24) is 14.7 Å². The Labute approximate surface area is 179 Å². The molecule has 3 aliphatic rings. The highest BCUT2D eigenvalue weighted by Gasteiger charge is 2.65. The van der Waals surface area contributed by atoms with Crippen LogP contribution in [0.15, 0.2) is 18.2 Å². The number of carbonyl (C=O) groups is 3. The van der Waals surface area contributed by atoms with E-state index in [0.29, 0.717) is 32.7 Å². The third kappa shape index (κ3) is 3.03. The molecule has 0 N–H and O–H groups in total. The largest absolute Gasteiger partial charge is 0.342 e. The van der Waals surface area contributed by atoms with Gasteiger partial charge in [0.1, 0.15) is 0 Å². The van der Waals surface area contributed by atoms with E-state index in [0.717, 1.165) is 36.9 Å². The number of fused-ring (bicyclic) bond motifs is 1. The van der Waals surface area contributed by atoms with Gasteiger partial charge in [-0.05, 0) is 63.3 Å². The van der Waals surface area contributed by atoms with E-state index in [2.05, 4.69) is 0 Å². The van der Waals surface area contributed by atoms with Crippen molar-refractivity contribution in [3.05, 3.63) is 34.9 Å². The average molecular weight is 412 g/mol. The molecule has 2 spiro atoms. The molecule has 0 unspecified atom stereocenters. The van der Waals surface area contributed by atoms with Gasteiger partial charge in [0.15, 0.2) is 0 Å². The summed E-state index contributed by atoms with van der Waals surface area (Å²) in [4.78, 5) is 44.5. The summed E-state index contributed by atoms with van der Waals surface area (Å²) in [5.41, 5.74) is 2.33. The molecule has 3 amide bonds. The van der Waals surface area contributed by atoms with Crippen LogP contribution in [0.4, 0.5) is 0 Å². The molecule has 1 aromatic rings. The predicted molar refractivity (Wildman–Crippen MR) is 115 cm³/mol. The molecule has 0 aromatic heterocycles. The van der Waals surface area contributed by atoms with E-state index in [1.54, 1.807) is 6.92 Å². The van der Waals surface area contributed by atoms with Crippen molar-refractivity contribution in [3.8, 4) is 0 Å². The van der Waals surface area contributed by atoms with Gasteiger partial charge in [-0.25, -0.2) is 0 Å². The topological polar surface area (TPSA) is 60.9 Å². The van der Waals surface area contributed by atoms with Crippen LogP contribution in [-0.4, -0.2) is 71.7 Å².